The summed E-state index contributed by atoms with van der Waals surface area (Å²) in [6.07, 6.45) is 0.155. The van der Waals surface area contributed by atoms with Gasteiger partial charge in [-0.3, -0.25) is 9.59 Å². The van der Waals surface area contributed by atoms with Gasteiger partial charge in [0.15, 0.2) is 11.6 Å². The van der Waals surface area contributed by atoms with Crippen LogP contribution in [0.2, 0.25) is 0 Å². The molecule has 0 radical (unpaired) electrons. The van der Waals surface area contributed by atoms with Crippen molar-refractivity contribution >= 4 is 11.8 Å². The van der Waals surface area contributed by atoms with Crippen LogP contribution in [0.15, 0.2) is 42.5 Å². The maximum absolute atomic E-state index is 13.7. The highest BCUT2D eigenvalue weighted by Crippen LogP contribution is 2.22. The van der Waals surface area contributed by atoms with E-state index in [9.17, 15) is 18.4 Å². The number of halogens is 2. The summed E-state index contributed by atoms with van der Waals surface area (Å²) in [7, 11) is 0. The van der Waals surface area contributed by atoms with E-state index in [0.717, 1.165) is 23.3 Å². The first-order valence-corrected chi connectivity index (χ1v) is 8.23. The van der Waals surface area contributed by atoms with E-state index in [2.05, 4.69) is 26.1 Å². The van der Waals surface area contributed by atoms with Crippen LogP contribution < -0.4 is 11.1 Å². The third kappa shape index (κ3) is 4.65. The Morgan fingerprint density at radius 2 is 1.69 bits per heavy atom. The lowest BCUT2D eigenvalue weighted by Gasteiger charge is -2.20. The second-order valence-corrected chi connectivity index (χ2v) is 7.18. The molecule has 138 valence electrons. The second kappa shape index (κ2) is 7.64. The number of hydrogen-bond acceptors (Lipinski definition) is 2. The maximum Gasteiger partial charge on any atom is 0.255 e. The summed E-state index contributed by atoms with van der Waals surface area (Å²) in [5, 5.41) is 2.37. The van der Waals surface area contributed by atoms with Crippen molar-refractivity contribution in [3.63, 3.8) is 0 Å². The highest BCUT2D eigenvalue weighted by atomic mass is 19.2. The zero-order valence-electron chi connectivity index (χ0n) is 15.0. The van der Waals surface area contributed by atoms with Crippen molar-refractivity contribution in [2.45, 2.75) is 38.6 Å². The van der Waals surface area contributed by atoms with E-state index in [1.165, 1.54) is 6.07 Å². The Hall–Kier alpha value is -2.76. The summed E-state index contributed by atoms with van der Waals surface area (Å²) in [5.74, 6) is -4.04. The topological polar surface area (TPSA) is 72.2 Å². The lowest BCUT2D eigenvalue weighted by Crippen LogP contribution is -2.46. The summed E-state index contributed by atoms with van der Waals surface area (Å²) in [4.78, 5) is 23.9. The molecule has 0 aliphatic rings. The van der Waals surface area contributed by atoms with Crippen molar-refractivity contribution in [1.82, 2.24) is 5.32 Å². The van der Waals surface area contributed by atoms with E-state index in [1.54, 1.807) is 0 Å². The SMILES string of the molecule is CC(C)(C)c1ccc(C[C@H](NC(=O)c2cccc(F)c2F)C(N)=O)cc1. The van der Waals surface area contributed by atoms with Crippen LogP contribution in [0, 0.1) is 11.6 Å². The molecular weight excluding hydrogens is 338 g/mol. The Kier molecular flexibility index (Phi) is 5.75. The molecule has 0 aromatic heterocycles. The van der Waals surface area contributed by atoms with Crippen LogP contribution in [0.1, 0.15) is 42.3 Å². The minimum atomic E-state index is -1.26. The van der Waals surface area contributed by atoms with Crippen LogP contribution in [0.3, 0.4) is 0 Å². The number of hydrogen-bond donors (Lipinski definition) is 2. The average molecular weight is 360 g/mol. The predicted molar refractivity (Wildman–Crippen MR) is 95.7 cm³/mol. The number of benzene rings is 2. The Morgan fingerprint density at radius 1 is 1.08 bits per heavy atom. The summed E-state index contributed by atoms with van der Waals surface area (Å²) in [6, 6.07) is 9.83. The number of nitrogens with two attached hydrogens (primary N) is 1. The molecule has 0 saturated carbocycles. The fourth-order valence-corrected chi connectivity index (χ4v) is 2.51. The van der Waals surface area contributed by atoms with Crippen LogP contribution in [0.5, 0.6) is 0 Å². The van der Waals surface area contributed by atoms with Crippen molar-refractivity contribution in [2.75, 3.05) is 0 Å². The first kappa shape index (κ1) is 19.6. The standard InChI is InChI=1S/C20H22F2N2O2/c1-20(2,3)13-9-7-12(8-10-13)11-16(18(23)25)24-19(26)14-5-4-6-15(21)17(14)22/h4-10,16H,11H2,1-3H3,(H2,23,25)(H,24,26)/t16-/m0/s1. The van der Waals surface area contributed by atoms with Crippen LogP contribution in [-0.2, 0) is 16.6 Å². The molecule has 3 N–H and O–H groups in total. The van der Waals surface area contributed by atoms with Crippen LogP contribution in [0.25, 0.3) is 0 Å². The van der Waals surface area contributed by atoms with Gasteiger partial charge in [-0.1, -0.05) is 51.1 Å². The molecule has 2 amide bonds. The van der Waals surface area contributed by atoms with Gasteiger partial charge in [-0.2, -0.15) is 0 Å². The Labute approximate surface area is 151 Å². The smallest absolute Gasteiger partial charge is 0.255 e. The van der Waals surface area contributed by atoms with Crippen molar-refractivity contribution < 1.29 is 18.4 Å². The van der Waals surface area contributed by atoms with E-state index in [4.69, 9.17) is 5.73 Å². The molecule has 0 fully saturated rings. The van der Waals surface area contributed by atoms with Crippen molar-refractivity contribution in [3.8, 4) is 0 Å². The number of carbonyl (C=O) groups is 2. The molecule has 0 saturated heterocycles. The first-order chi connectivity index (χ1) is 12.1. The Balaban J connectivity index is 2.15. The van der Waals surface area contributed by atoms with E-state index >= 15 is 0 Å². The number of amides is 2. The lowest BCUT2D eigenvalue weighted by molar-refractivity contribution is -0.119. The van der Waals surface area contributed by atoms with Gasteiger partial charge in [0.1, 0.15) is 6.04 Å². The van der Waals surface area contributed by atoms with E-state index in [-0.39, 0.29) is 11.8 Å². The minimum Gasteiger partial charge on any atom is -0.368 e. The van der Waals surface area contributed by atoms with Crippen molar-refractivity contribution in [1.29, 1.82) is 0 Å². The molecule has 2 aromatic rings. The summed E-state index contributed by atoms with van der Waals surface area (Å²) < 4.78 is 27.0. The van der Waals surface area contributed by atoms with Gasteiger partial charge in [0.05, 0.1) is 5.56 Å². The molecule has 0 aliphatic carbocycles. The van der Waals surface area contributed by atoms with Gasteiger partial charge >= 0.3 is 0 Å². The molecule has 26 heavy (non-hydrogen) atoms. The van der Waals surface area contributed by atoms with E-state index in [1.807, 2.05) is 24.3 Å². The molecule has 2 rings (SSSR count). The third-order valence-electron chi connectivity index (χ3n) is 4.10. The van der Waals surface area contributed by atoms with Gasteiger partial charge in [-0.05, 0) is 28.7 Å². The van der Waals surface area contributed by atoms with Crippen molar-refractivity contribution in [2.24, 2.45) is 5.73 Å². The number of carbonyl (C=O) groups excluding carboxylic acids is 2. The largest absolute Gasteiger partial charge is 0.368 e. The third-order valence-corrected chi connectivity index (χ3v) is 4.10. The summed E-state index contributed by atoms with van der Waals surface area (Å²) in [6.45, 7) is 6.26. The van der Waals surface area contributed by atoms with Crippen LogP contribution in [-0.4, -0.2) is 17.9 Å². The molecule has 1 atom stereocenters. The quantitative estimate of drug-likeness (QED) is 0.860. The number of rotatable bonds is 5. The molecule has 0 heterocycles. The Morgan fingerprint density at radius 3 is 2.23 bits per heavy atom. The van der Waals surface area contributed by atoms with Crippen molar-refractivity contribution in [3.05, 3.63) is 70.8 Å². The fraction of sp³-hybridized carbons (Fsp3) is 0.300. The van der Waals surface area contributed by atoms with Gasteiger partial charge in [-0.15, -0.1) is 0 Å². The fourth-order valence-electron chi connectivity index (χ4n) is 2.51. The summed E-state index contributed by atoms with van der Waals surface area (Å²) in [5.41, 5.74) is 6.80. The molecule has 2 aromatic carbocycles. The molecule has 0 bridgehead atoms. The normalized spacial score (nSPS) is 12.5. The minimum absolute atomic E-state index is 0.00918. The molecule has 0 aliphatic heterocycles. The maximum atomic E-state index is 13.7. The van der Waals surface area contributed by atoms with Crippen LogP contribution in [0.4, 0.5) is 8.78 Å². The summed E-state index contributed by atoms with van der Waals surface area (Å²) >= 11 is 0. The molecule has 4 nitrogen and oxygen atoms in total. The van der Waals surface area contributed by atoms with Gasteiger partial charge in [0.2, 0.25) is 5.91 Å². The predicted octanol–water partition coefficient (Wildman–Crippen LogP) is 3.09. The van der Waals surface area contributed by atoms with Gasteiger partial charge in [-0.25, -0.2) is 8.78 Å². The molecular formula is C20H22F2N2O2. The highest BCUT2D eigenvalue weighted by molar-refractivity contribution is 5.97. The average Bonchev–Trinajstić information content (AvgIpc) is 2.56. The van der Waals surface area contributed by atoms with E-state index in [0.29, 0.717) is 0 Å². The monoisotopic (exact) mass is 360 g/mol. The Bertz CT molecular complexity index is 812. The highest BCUT2D eigenvalue weighted by Gasteiger charge is 2.22. The van der Waals surface area contributed by atoms with Gasteiger partial charge < -0.3 is 11.1 Å². The zero-order chi connectivity index (χ0) is 19.5. The lowest BCUT2D eigenvalue weighted by atomic mass is 9.86. The molecule has 0 spiro atoms. The van der Waals surface area contributed by atoms with E-state index < -0.39 is 35.1 Å². The van der Waals surface area contributed by atoms with Crippen LogP contribution >= 0.6 is 0 Å². The number of nitrogens with one attached hydrogen (secondary N) is 1. The number of primary amides is 1. The van der Waals surface area contributed by atoms with Gasteiger partial charge in [0.25, 0.3) is 5.91 Å². The molecule has 0 unspecified atom stereocenters. The molecule has 6 heteroatoms. The first-order valence-electron chi connectivity index (χ1n) is 8.23. The zero-order valence-corrected chi connectivity index (χ0v) is 15.0. The van der Waals surface area contributed by atoms with Gasteiger partial charge in [0, 0.05) is 6.42 Å². The second-order valence-electron chi connectivity index (χ2n) is 7.18.